The number of hydrogen-bond acceptors (Lipinski definition) is 3. The van der Waals surface area contributed by atoms with E-state index < -0.39 is 0 Å². The van der Waals surface area contributed by atoms with E-state index in [1.165, 1.54) is 16.7 Å². The van der Waals surface area contributed by atoms with E-state index in [0.29, 0.717) is 5.92 Å². The summed E-state index contributed by atoms with van der Waals surface area (Å²) >= 11 is 1.74. The fourth-order valence-electron chi connectivity index (χ4n) is 4.35. The number of carbonyl (C=O) groups excluding carboxylic acids is 1. The van der Waals surface area contributed by atoms with Gasteiger partial charge in [-0.1, -0.05) is 48.5 Å². The van der Waals surface area contributed by atoms with Gasteiger partial charge in [-0.05, 0) is 83.3 Å². The van der Waals surface area contributed by atoms with Crippen molar-refractivity contribution in [3.05, 3.63) is 100 Å². The van der Waals surface area contributed by atoms with Crippen LogP contribution in [-0.4, -0.2) is 19.6 Å². The monoisotopic (exact) mass is 431 g/mol. The highest BCUT2D eigenvalue weighted by Crippen LogP contribution is 2.59. The van der Waals surface area contributed by atoms with Crippen LogP contribution in [0.2, 0.25) is 0 Å². The minimum atomic E-state index is -0.0902. The van der Waals surface area contributed by atoms with E-state index >= 15 is 0 Å². The lowest BCUT2D eigenvalue weighted by molar-refractivity contribution is -0.116. The van der Waals surface area contributed by atoms with Gasteiger partial charge in [0.25, 0.3) is 0 Å². The molecule has 1 N–H and O–H groups in total. The van der Waals surface area contributed by atoms with Gasteiger partial charge in [0.05, 0.1) is 7.11 Å². The Labute approximate surface area is 188 Å². The third kappa shape index (κ3) is 5.08. The van der Waals surface area contributed by atoms with Gasteiger partial charge in [-0.3, -0.25) is 4.79 Å². The molecule has 0 aliphatic heterocycles. The van der Waals surface area contributed by atoms with Crippen LogP contribution in [0, 0.1) is 5.92 Å². The average Bonchev–Trinajstić information content (AvgIpc) is 3.33. The summed E-state index contributed by atoms with van der Waals surface area (Å²) in [4.78, 5) is 12.3. The maximum atomic E-state index is 12.3. The molecule has 160 valence electrons. The molecule has 0 unspecified atom stereocenters. The molecule has 1 aromatic heterocycles. The normalized spacial score (nSPS) is 20.0. The van der Waals surface area contributed by atoms with E-state index in [1.54, 1.807) is 24.5 Å². The molecule has 2 aromatic carbocycles. The van der Waals surface area contributed by atoms with Crippen molar-refractivity contribution in [1.82, 2.24) is 5.32 Å². The molecule has 0 saturated heterocycles. The second-order valence-electron chi connectivity index (χ2n) is 8.12. The van der Waals surface area contributed by atoms with E-state index in [-0.39, 0.29) is 11.3 Å². The second-order valence-corrected chi connectivity index (χ2v) is 8.90. The van der Waals surface area contributed by atoms with Crippen molar-refractivity contribution in [2.45, 2.75) is 31.1 Å². The first kappa shape index (κ1) is 21.4. The number of unbranched alkanes of at least 4 members (excludes halogenated alkanes) is 1. The lowest BCUT2D eigenvalue weighted by atomic mass is 9.85. The highest BCUT2D eigenvalue weighted by atomic mass is 32.1. The summed E-state index contributed by atoms with van der Waals surface area (Å²) in [6, 6.07) is 21.0. The molecule has 0 radical (unpaired) electrons. The average molecular weight is 432 g/mol. The summed E-state index contributed by atoms with van der Waals surface area (Å²) in [6.07, 6.45) is 7.96. The van der Waals surface area contributed by atoms with Crippen LogP contribution in [0.25, 0.3) is 0 Å². The predicted octanol–water partition coefficient (Wildman–Crippen LogP) is 5.76. The molecule has 0 bridgehead atoms. The number of thiophene rings is 1. The van der Waals surface area contributed by atoms with Crippen LogP contribution in [-0.2, 0) is 16.6 Å². The third-order valence-electron chi connectivity index (χ3n) is 6.14. The molecule has 3 nitrogen and oxygen atoms in total. The molecular formula is C27H29NO2S. The van der Waals surface area contributed by atoms with Gasteiger partial charge in [-0.25, -0.2) is 0 Å². The van der Waals surface area contributed by atoms with E-state index in [2.05, 4.69) is 64.6 Å². The van der Waals surface area contributed by atoms with Crippen LogP contribution in [0.3, 0.4) is 0 Å². The lowest BCUT2D eigenvalue weighted by Crippen LogP contribution is -2.22. The minimum absolute atomic E-state index is 0.00460. The summed E-state index contributed by atoms with van der Waals surface area (Å²) in [5.41, 5.74) is 3.82. The van der Waals surface area contributed by atoms with Crippen molar-refractivity contribution in [1.29, 1.82) is 0 Å². The molecule has 3 aromatic rings. The highest BCUT2D eigenvalue weighted by Gasteiger charge is 2.55. The van der Waals surface area contributed by atoms with Crippen molar-refractivity contribution in [3.8, 4) is 5.75 Å². The zero-order valence-electron chi connectivity index (χ0n) is 17.9. The Bertz CT molecular complexity index is 1010. The van der Waals surface area contributed by atoms with Crippen molar-refractivity contribution >= 4 is 17.2 Å². The zero-order valence-corrected chi connectivity index (χ0v) is 18.7. The first-order valence-corrected chi connectivity index (χ1v) is 11.8. The Morgan fingerprint density at radius 1 is 1.13 bits per heavy atom. The largest absolute Gasteiger partial charge is 0.497 e. The van der Waals surface area contributed by atoms with Gasteiger partial charge >= 0.3 is 0 Å². The fraction of sp³-hybridized carbons (Fsp3) is 0.296. The number of benzene rings is 2. The molecule has 1 aliphatic carbocycles. The molecular weight excluding hydrogens is 402 g/mol. The number of hydrogen-bond donors (Lipinski definition) is 1. The first-order valence-electron chi connectivity index (χ1n) is 10.9. The van der Waals surface area contributed by atoms with Crippen LogP contribution in [0.1, 0.15) is 36.0 Å². The van der Waals surface area contributed by atoms with E-state index in [0.717, 1.165) is 38.0 Å². The molecule has 31 heavy (non-hydrogen) atoms. The number of rotatable bonds is 10. The van der Waals surface area contributed by atoms with E-state index in [1.807, 2.05) is 18.2 Å². The Kier molecular flexibility index (Phi) is 6.88. The molecule has 1 heterocycles. The van der Waals surface area contributed by atoms with Gasteiger partial charge in [0, 0.05) is 12.0 Å². The van der Waals surface area contributed by atoms with Crippen molar-refractivity contribution in [2.24, 2.45) is 5.92 Å². The topological polar surface area (TPSA) is 38.3 Å². The number of carbonyl (C=O) groups is 1. The SMILES string of the molecule is COc1cccc([C@@]2(c3ccccc3)C[C@H]2C=CC(=O)NCCCCc2ccsc2)c1. The van der Waals surface area contributed by atoms with Crippen molar-refractivity contribution < 1.29 is 9.53 Å². The van der Waals surface area contributed by atoms with Gasteiger partial charge in [-0.2, -0.15) is 11.3 Å². The van der Waals surface area contributed by atoms with Crippen LogP contribution in [0.5, 0.6) is 5.75 Å². The number of ether oxygens (including phenoxy) is 1. The van der Waals surface area contributed by atoms with Crippen LogP contribution < -0.4 is 10.1 Å². The molecule has 4 heteroatoms. The molecule has 2 atom stereocenters. The van der Waals surface area contributed by atoms with E-state index in [9.17, 15) is 4.79 Å². The quantitative estimate of drug-likeness (QED) is 0.327. The van der Waals surface area contributed by atoms with Crippen molar-refractivity contribution in [3.63, 3.8) is 0 Å². The Morgan fingerprint density at radius 2 is 1.97 bits per heavy atom. The zero-order chi connectivity index (χ0) is 21.5. The number of nitrogens with one attached hydrogen (secondary N) is 1. The summed E-state index contributed by atoms with van der Waals surface area (Å²) in [7, 11) is 1.70. The number of allylic oxidation sites excluding steroid dienone is 1. The van der Waals surface area contributed by atoms with Crippen LogP contribution in [0.4, 0.5) is 0 Å². The van der Waals surface area contributed by atoms with Crippen LogP contribution in [0.15, 0.2) is 83.6 Å². The smallest absolute Gasteiger partial charge is 0.243 e. The molecule has 1 aliphatic rings. The van der Waals surface area contributed by atoms with Crippen molar-refractivity contribution in [2.75, 3.05) is 13.7 Å². The summed E-state index contributed by atoms with van der Waals surface area (Å²) in [5, 5.41) is 7.33. The highest BCUT2D eigenvalue weighted by molar-refractivity contribution is 7.07. The first-order chi connectivity index (χ1) is 15.2. The minimum Gasteiger partial charge on any atom is -0.497 e. The Morgan fingerprint density at radius 3 is 2.74 bits per heavy atom. The molecule has 0 spiro atoms. The fourth-order valence-corrected chi connectivity index (χ4v) is 5.05. The summed E-state index contributed by atoms with van der Waals surface area (Å²) in [6.45, 7) is 0.720. The third-order valence-corrected chi connectivity index (χ3v) is 6.87. The standard InChI is InChI=1S/C27H29NO2S/c1-30-25-12-7-11-23(18-25)27(22-9-3-2-4-10-22)19-24(27)13-14-26(29)28-16-6-5-8-21-15-17-31-20-21/h2-4,7,9-15,17-18,20,24H,5-6,8,16,19H2,1H3,(H,28,29)/t24-,27+/m1/s1. The van der Waals surface area contributed by atoms with Gasteiger partial charge in [-0.15, -0.1) is 0 Å². The molecule has 1 amide bonds. The maximum Gasteiger partial charge on any atom is 0.243 e. The van der Waals surface area contributed by atoms with Crippen LogP contribution >= 0.6 is 11.3 Å². The maximum absolute atomic E-state index is 12.3. The molecule has 4 rings (SSSR count). The second kappa shape index (κ2) is 9.97. The molecule has 1 saturated carbocycles. The van der Waals surface area contributed by atoms with E-state index in [4.69, 9.17) is 4.74 Å². The number of aryl methyl sites for hydroxylation is 1. The van der Waals surface area contributed by atoms with Gasteiger partial charge in [0.1, 0.15) is 5.75 Å². The Hall–Kier alpha value is -2.85. The predicted molar refractivity (Wildman–Crippen MR) is 128 cm³/mol. The van der Waals surface area contributed by atoms with Gasteiger partial charge in [0.2, 0.25) is 5.91 Å². The number of amides is 1. The summed E-state index contributed by atoms with van der Waals surface area (Å²) in [5.74, 6) is 1.16. The Balaban J connectivity index is 1.36. The number of methoxy groups -OCH3 is 1. The molecule has 1 fully saturated rings. The van der Waals surface area contributed by atoms with Gasteiger partial charge < -0.3 is 10.1 Å². The lowest BCUT2D eigenvalue weighted by Gasteiger charge is -2.19. The van der Waals surface area contributed by atoms with Gasteiger partial charge in [0.15, 0.2) is 0 Å². The summed E-state index contributed by atoms with van der Waals surface area (Å²) < 4.78 is 5.45.